The van der Waals surface area contributed by atoms with Gasteiger partial charge in [0.1, 0.15) is 0 Å². The predicted molar refractivity (Wildman–Crippen MR) is 71.8 cm³/mol. The number of alkyl halides is 3. The topological polar surface area (TPSA) is 29.5 Å². The summed E-state index contributed by atoms with van der Waals surface area (Å²) >= 11 is 0. The summed E-state index contributed by atoms with van der Waals surface area (Å²) in [5, 5.41) is 0. The van der Waals surface area contributed by atoms with Crippen LogP contribution in [-0.2, 0) is 15.7 Å². The molecule has 1 saturated heterocycles. The number of carbonyl (C=O) groups excluding carboxylic acids is 1. The molecule has 0 amide bonds. The second-order valence-corrected chi connectivity index (χ2v) is 5.27. The third-order valence-electron chi connectivity index (χ3n) is 3.76. The lowest BCUT2D eigenvalue weighted by molar-refractivity contribution is -0.148. The van der Waals surface area contributed by atoms with Gasteiger partial charge in [0.25, 0.3) is 0 Å². The van der Waals surface area contributed by atoms with Gasteiger partial charge >= 0.3 is 12.1 Å². The first kappa shape index (κ1) is 15.8. The largest absolute Gasteiger partial charge is 0.466 e. The zero-order chi connectivity index (χ0) is 15.6. The highest BCUT2D eigenvalue weighted by molar-refractivity contribution is 5.74. The summed E-state index contributed by atoms with van der Waals surface area (Å²) in [6.45, 7) is 2.74. The molecule has 1 fully saturated rings. The van der Waals surface area contributed by atoms with Gasteiger partial charge in [0.2, 0.25) is 0 Å². The van der Waals surface area contributed by atoms with Crippen LogP contribution in [0.4, 0.5) is 13.2 Å². The van der Waals surface area contributed by atoms with Gasteiger partial charge in [0.05, 0.1) is 18.1 Å². The van der Waals surface area contributed by atoms with Gasteiger partial charge in [-0.05, 0) is 25.6 Å². The van der Waals surface area contributed by atoms with E-state index >= 15 is 0 Å². The molecule has 6 heteroatoms. The van der Waals surface area contributed by atoms with Crippen LogP contribution in [0.25, 0.3) is 0 Å². The molecule has 21 heavy (non-hydrogen) atoms. The highest BCUT2D eigenvalue weighted by Crippen LogP contribution is 2.40. The van der Waals surface area contributed by atoms with Gasteiger partial charge in [-0.15, -0.1) is 0 Å². The van der Waals surface area contributed by atoms with Crippen LogP contribution in [0.5, 0.6) is 0 Å². The van der Waals surface area contributed by atoms with E-state index in [1.807, 2.05) is 4.90 Å². The number of hydrogen-bond acceptors (Lipinski definition) is 3. The van der Waals surface area contributed by atoms with E-state index in [2.05, 4.69) is 0 Å². The second kappa shape index (κ2) is 6.05. The normalized spacial score (nSPS) is 23.3. The minimum Gasteiger partial charge on any atom is -0.466 e. The van der Waals surface area contributed by atoms with Gasteiger partial charge < -0.3 is 9.64 Å². The van der Waals surface area contributed by atoms with Gasteiger partial charge in [-0.1, -0.05) is 18.2 Å². The average molecular weight is 301 g/mol. The highest BCUT2D eigenvalue weighted by Gasteiger charge is 2.42. The number of halogens is 3. The number of carbonyl (C=O) groups is 1. The Morgan fingerprint density at radius 2 is 2.00 bits per heavy atom. The molecule has 2 atom stereocenters. The van der Waals surface area contributed by atoms with Crippen LogP contribution in [0.15, 0.2) is 24.3 Å². The van der Waals surface area contributed by atoms with Gasteiger partial charge in [0.15, 0.2) is 0 Å². The molecular weight excluding hydrogens is 283 g/mol. The summed E-state index contributed by atoms with van der Waals surface area (Å²) in [5.74, 6) is -1.48. The van der Waals surface area contributed by atoms with Gasteiger partial charge in [-0.2, -0.15) is 13.2 Å². The number of ether oxygens (including phenoxy) is 1. The minimum atomic E-state index is -4.42. The van der Waals surface area contributed by atoms with Crippen molar-refractivity contribution in [3.05, 3.63) is 35.4 Å². The van der Waals surface area contributed by atoms with Crippen LogP contribution in [0, 0.1) is 5.92 Å². The van der Waals surface area contributed by atoms with E-state index in [-0.39, 0.29) is 12.2 Å². The maximum Gasteiger partial charge on any atom is 0.416 e. The molecule has 0 spiro atoms. The molecule has 2 rings (SSSR count). The summed E-state index contributed by atoms with van der Waals surface area (Å²) in [4.78, 5) is 13.9. The molecule has 2 unspecified atom stereocenters. The first-order valence-electron chi connectivity index (χ1n) is 6.86. The molecule has 0 radical (unpaired) electrons. The number of likely N-dealkylation sites (N-methyl/N-ethyl adjacent to an activating group) is 1. The lowest BCUT2D eigenvalue weighted by atomic mass is 9.86. The summed E-state index contributed by atoms with van der Waals surface area (Å²) in [5.41, 5.74) is -0.494. The second-order valence-electron chi connectivity index (χ2n) is 5.27. The third-order valence-corrected chi connectivity index (χ3v) is 3.76. The first-order chi connectivity index (χ1) is 9.84. The van der Waals surface area contributed by atoms with Crippen LogP contribution in [0.2, 0.25) is 0 Å². The summed E-state index contributed by atoms with van der Waals surface area (Å²) in [7, 11) is 1.79. The Kier molecular flexibility index (Phi) is 4.56. The Hall–Kier alpha value is -1.56. The van der Waals surface area contributed by atoms with Crippen LogP contribution >= 0.6 is 0 Å². The summed E-state index contributed by atoms with van der Waals surface area (Å²) in [6.07, 6.45) is -4.42. The first-order valence-corrected chi connectivity index (χ1v) is 6.86. The Bertz CT molecular complexity index is 516. The predicted octanol–water partition coefficient (Wildman–Crippen LogP) is 2.91. The monoisotopic (exact) mass is 301 g/mol. The Labute approximate surface area is 121 Å². The Balaban J connectivity index is 2.38. The van der Waals surface area contributed by atoms with Crippen LogP contribution in [0.3, 0.4) is 0 Å². The van der Waals surface area contributed by atoms with Crippen LogP contribution in [0.1, 0.15) is 24.0 Å². The molecular formula is C15H18F3NO2. The number of benzene rings is 1. The fraction of sp³-hybridized carbons (Fsp3) is 0.533. The molecule has 1 aliphatic heterocycles. The van der Waals surface area contributed by atoms with Crippen molar-refractivity contribution in [2.24, 2.45) is 5.92 Å². The Morgan fingerprint density at radius 1 is 1.33 bits per heavy atom. The summed E-state index contributed by atoms with van der Waals surface area (Å²) in [6, 6.07) is 5.46. The van der Waals surface area contributed by atoms with E-state index in [0.717, 1.165) is 6.07 Å². The molecule has 0 bridgehead atoms. The molecule has 3 nitrogen and oxygen atoms in total. The fourth-order valence-electron chi connectivity index (χ4n) is 2.88. The van der Waals surface area contributed by atoms with Crippen LogP contribution in [-0.4, -0.2) is 37.6 Å². The molecule has 116 valence electrons. The van der Waals surface area contributed by atoms with E-state index in [9.17, 15) is 18.0 Å². The van der Waals surface area contributed by atoms with E-state index in [1.54, 1.807) is 20.0 Å². The Morgan fingerprint density at radius 3 is 2.62 bits per heavy atom. The molecule has 0 N–H and O–H groups in total. The van der Waals surface area contributed by atoms with Crippen molar-refractivity contribution < 1.29 is 22.7 Å². The van der Waals surface area contributed by atoms with E-state index < -0.39 is 29.5 Å². The SMILES string of the molecule is CCOC(=O)C1CN(C)CC1c1ccccc1C(F)(F)F. The van der Waals surface area contributed by atoms with E-state index in [4.69, 9.17) is 4.74 Å². The smallest absolute Gasteiger partial charge is 0.416 e. The molecule has 1 aromatic carbocycles. The quantitative estimate of drug-likeness (QED) is 0.804. The maximum atomic E-state index is 13.1. The van der Waals surface area contributed by atoms with Gasteiger partial charge in [-0.3, -0.25) is 4.79 Å². The summed E-state index contributed by atoms with van der Waals surface area (Å²) < 4.78 is 44.4. The van der Waals surface area contributed by atoms with Crippen molar-refractivity contribution in [3.63, 3.8) is 0 Å². The maximum absolute atomic E-state index is 13.1. The van der Waals surface area contributed by atoms with Crippen molar-refractivity contribution in [2.75, 3.05) is 26.7 Å². The molecule has 1 aliphatic rings. The molecule has 0 aromatic heterocycles. The average Bonchev–Trinajstić information content (AvgIpc) is 2.80. The fourth-order valence-corrected chi connectivity index (χ4v) is 2.88. The van der Waals surface area contributed by atoms with Crippen LogP contribution < -0.4 is 0 Å². The van der Waals surface area contributed by atoms with E-state index in [0.29, 0.717) is 13.1 Å². The van der Waals surface area contributed by atoms with Crippen molar-refractivity contribution >= 4 is 5.97 Å². The number of esters is 1. The van der Waals surface area contributed by atoms with Gasteiger partial charge in [0, 0.05) is 19.0 Å². The van der Waals surface area contributed by atoms with Crippen molar-refractivity contribution in [2.45, 2.75) is 19.0 Å². The highest BCUT2D eigenvalue weighted by atomic mass is 19.4. The zero-order valence-corrected chi connectivity index (χ0v) is 12.0. The number of rotatable bonds is 3. The molecule has 1 aromatic rings. The minimum absolute atomic E-state index is 0.174. The van der Waals surface area contributed by atoms with Crippen molar-refractivity contribution in [3.8, 4) is 0 Å². The number of likely N-dealkylation sites (tertiary alicyclic amines) is 1. The molecule has 0 aliphatic carbocycles. The molecule has 0 saturated carbocycles. The zero-order valence-electron chi connectivity index (χ0n) is 12.0. The van der Waals surface area contributed by atoms with E-state index in [1.165, 1.54) is 12.1 Å². The van der Waals surface area contributed by atoms with Crippen molar-refractivity contribution in [1.29, 1.82) is 0 Å². The number of hydrogen-bond donors (Lipinski definition) is 0. The lowest BCUT2D eigenvalue weighted by Crippen LogP contribution is -2.25. The third kappa shape index (κ3) is 3.37. The van der Waals surface area contributed by atoms with Crippen molar-refractivity contribution in [1.82, 2.24) is 4.90 Å². The lowest BCUT2D eigenvalue weighted by Gasteiger charge is -2.21. The standard InChI is InChI=1S/C15H18F3NO2/c1-3-21-14(20)12-9-19(2)8-11(12)10-6-4-5-7-13(10)15(16,17)18/h4-7,11-12H,3,8-9H2,1-2H3. The molecule has 1 heterocycles. The number of nitrogens with zero attached hydrogens (tertiary/aromatic N) is 1. The van der Waals surface area contributed by atoms with Gasteiger partial charge in [-0.25, -0.2) is 0 Å².